The number of carbonyl (C=O) groups is 1. The molecule has 0 heterocycles. The standard InChI is InChI=1S/C7H5BrFNO2/c8-3-1-4(9)6(7(10)12)5(11)2-3/h1-2,11H,(H2,10,12). The number of nitrogens with two attached hydrogens (primary N) is 1. The molecule has 0 aliphatic carbocycles. The number of amides is 1. The average molecular weight is 234 g/mol. The number of carbonyl (C=O) groups excluding carboxylic acids is 1. The molecule has 0 saturated heterocycles. The number of rotatable bonds is 1. The lowest BCUT2D eigenvalue weighted by molar-refractivity contribution is 0.0993. The Labute approximate surface area is 76.1 Å². The highest BCUT2D eigenvalue weighted by atomic mass is 79.9. The zero-order valence-corrected chi connectivity index (χ0v) is 7.43. The number of phenols is 1. The average Bonchev–Trinajstić information content (AvgIpc) is 1.82. The summed E-state index contributed by atoms with van der Waals surface area (Å²) in [6.45, 7) is 0. The fourth-order valence-electron chi connectivity index (χ4n) is 0.804. The minimum Gasteiger partial charge on any atom is -0.507 e. The van der Waals surface area contributed by atoms with Crippen LogP contribution in [0.1, 0.15) is 10.4 Å². The van der Waals surface area contributed by atoms with Crippen molar-refractivity contribution in [3.63, 3.8) is 0 Å². The van der Waals surface area contributed by atoms with Crippen LogP contribution in [-0.2, 0) is 0 Å². The van der Waals surface area contributed by atoms with E-state index >= 15 is 0 Å². The van der Waals surface area contributed by atoms with Gasteiger partial charge in [0, 0.05) is 4.47 Å². The van der Waals surface area contributed by atoms with Gasteiger partial charge in [-0.25, -0.2) is 4.39 Å². The van der Waals surface area contributed by atoms with Crippen molar-refractivity contribution in [1.29, 1.82) is 0 Å². The monoisotopic (exact) mass is 233 g/mol. The van der Waals surface area contributed by atoms with Gasteiger partial charge in [0.05, 0.1) is 0 Å². The maximum absolute atomic E-state index is 12.9. The van der Waals surface area contributed by atoms with E-state index in [0.29, 0.717) is 4.47 Å². The van der Waals surface area contributed by atoms with Gasteiger partial charge in [-0.15, -0.1) is 0 Å². The summed E-state index contributed by atoms with van der Waals surface area (Å²) in [4.78, 5) is 10.6. The first-order chi connectivity index (χ1) is 5.52. The van der Waals surface area contributed by atoms with Crippen LogP contribution >= 0.6 is 15.9 Å². The van der Waals surface area contributed by atoms with Gasteiger partial charge in [-0.3, -0.25) is 4.79 Å². The molecule has 0 aromatic heterocycles. The number of benzene rings is 1. The summed E-state index contributed by atoms with van der Waals surface area (Å²) in [5, 5.41) is 9.07. The van der Waals surface area contributed by atoms with Crippen LogP contribution in [0.4, 0.5) is 4.39 Å². The normalized spacial score (nSPS) is 9.83. The molecule has 1 aromatic carbocycles. The highest BCUT2D eigenvalue weighted by Gasteiger charge is 2.14. The first-order valence-corrected chi connectivity index (χ1v) is 3.79. The number of halogens is 2. The summed E-state index contributed by atoms with van der Waals surface area (Å²) >= 11 is 2.94. The van der Waals surface area contributed by atoms with E-state index in [1.807, 2.05) is 0 Å². The Morgan fingerprint density at radius 1 is 1.58 bits per heavy atom. The minimum absolute atomic E-state index is 0.350. The topological polar surface area (TPSA) is 63.3 Å². The van der Waals surface area contributed by atoms with Crippen LogP contribution < -0.4 is 5.73 Å². The summed E-state index contributed by atoms with van der Waals surface area (Å²) in [5.41, 5.74) is 4.32. The first-order valence-electron chi connectivity index (χ1n) is 3.00. The van der Waals surface area contributed by atoms with Crippen molar-refractivity contribution < 1.29 is 14.3 Å². The summed E-state index contributed by atoms with van der Waals surface area (Å²) in [7, 11) is 0. The summed E-state index contributed by atoms with van der Waals surface area (Å²) in [5.74, 6) is -2.29. The van der Waals surface area contributed by atoms with E-state index in [9.17, 15) is 9.18 Å². The maximum Gasteiger partial charge on any atom is 0.255 e. The van der Waals surface area contributed by atoms with E-state index in [1.165, 1.54) is 6.07 Å². The molecule has 12 heavy (non-hydrogen) atoms. The van der Waals surface area contributed by atoms with Gasteiger partial charge < -0.3 is 10.8 Å². The molecule has 5 heteroatoms. The van der Waals surface area contributed by atoms with Crippen molar-refractivity contribution in [2.45, 2.75) is 0 Å². The smallest absolute Gasteiger partial charge is 0.255 e. The van der Waals surface area contributed by atoms with Crippen LogP contribution in [0.15, 0.2) is 16.6 Å². The van der Waals surface area contributed by atoms with Crippen molar-refractivity contribution in [1.82, 2.24) is 0 Å². The van der Waals surface area contributed by atoms with Crippen molar-refractivity contribution in [3.05, 3.63) is 28.0 Å². The van der Waals surface area contributed by atoms with Gasteiger partial charge in [0.2, 0.25) is 0 Å². The largest absolute Gasteiger partial charge is 0.507 e. The Bertz CT molecular complexity index is 317. The molecule has 0 radical (unpaired) electrons. The second kappa shape index (κ2) is 3.10. The number of aromatic hydroxyl groups is 1. The molecule has 0 bridgehead atoms. The van der Waals surface area contributed by atoms with E-state index < -0.39 is 23.0 Å². The maximum atomic E-state index is 12.9. The van der Waals surface area contributed by atoms with Gasteiger partial charge in [0.15, 0.2) is 0 Å². The highest BCUT2D eigenvalue weighted by Crippen LogP contribution is 2.24. The van der Waals surface area contributed by atoms with E-state index in [-0.39, 0.29) is 0 Å². The molecule has 1 rings (SSSR count). The van der Waals surface area contributed by atoms with Gasteiger partial charge in [-0.05, 0) is 12.1 Å². The minimum atomic E-state index is -0.988. The summed E-state index contributed by atoms with van der Waals surface area (Å²) in [6.07, 6.45) is 0. The van der Waals surface area contributed by atoms with Crippen LogP contribution in [0, 0.1) is 5.82 Å². The lowest BCUT2D eigenvalue weighted by Gasteiger charge is -2.01. The molecule has 3 nitrogen and oxygen atoms in total. The third-order valence-electron chi connectivity index (χ3n) is 1.28. The molecule has 3 N–H and O–H groups in total. The SMILES string of the molecule is NC(=O)c1c(O)cc(Br)cc1F. The van der Waals surface area contributed by atoms with Crippen LogP contribution in [0.25, 0.3) is 0 Å². The van der Waals surface area contributed by atoms with E-state index in [2.05, 4.69) is 15.9 Å². The van der Waals surface area contributed by atoms with Crippen molar-refractivity contribution in [3.8, 4) is 5.75 Å². The van der Waals surface area contributed by atoms with E-state index in [4.69, 9.17) is 10.8 Å². The molecule has 64 valence electrons. The Balaban J connectivity index is 3.38. The molecule has 0 atom stereocenters. The van der Waals surface area contributed by atoms with Gasteiger partial charge in [-0.1, -0.05) is 15.9 Å². The predicted octanol–water partition coefficient (Wildman–Crippen LogP) is 1.39. The lowest BCUT2D eigenvalue weighted by atomic mass is 10.2. The molecule has 0 fully saturated rings. The second-order valence-electron chi connectivity index (χ2n) is 2.15. The van der Waals surface area contributed by atoms with Crippen LogP contribution in [-0.4, -0.2) is 11.0 Å². The fourth-order valence-corrected chi connectivity index (χ4v) is 1.22. The quantitative estimate of drug-likeness (QED) is 0.771. The lowest BCUT2D eigenvalue weighted by Crippen LogP contribution is -2.13. The molecule has 1 aromatic rings. The van der Waals surface area contributed by atoms with Crippen LogP contribution in [0.3, 0.4) is 0 Å². The summed E-state index contributed by atoms with van der Waals surface area (Å²) < 4.78 is 13.2. The van der Waals surface area contributed by atoms with E-state index in [0.717, 1.165) is 6.07 Å². The number of primary amides is 1. The molecule has 1 amide bonds. The molecule has 0 aliphatic heterocycles. The van der Waals surface area contributed by atoms with Crippen LogP contribution in [0.5, 0.6) is 5.75 Å². The predicted molar refractivity (Wildman–Crippen MR) is 44.3 cm³/mol. The zero-order chi connectivity index (χ0) is 9.30. The van der Waals surface area contributed by atoms with Gasteiger partial charge >= 0.3 is 0 Å². The molecule has 0 spiro atoms. The second-order valence-corrected chi connectivity index (χ2v) is 3.06. The first kappa shape index (κ1) is 8.99. The summed E-state index contributed by atoms with van der Waals surface area (Å²) in [6, 6.07) is 2.25. The van der Waals surface area contributed by atoms with Gasteiger partial charge in [0.1, 0.15) is 17.1 Å². The third kappa shape index (κ3) is 1.55. The number of hydrogen-bond acceptors (Lipinski definition) is 2. The highest BCUT2D eigenvalue weighted by molar-refractivity contribution is 9.10. The Hall–Kier alpha value is -1.10. The van der Waals surface area contributed by atoms with Crippen LogP contribution in [0.2, 0.25) is 0 Å². The van der Waals surface area contributed by atoms with Gasteiger partial charge in [0.25, 0.3) is 5.91 Å². The molecular formula is C7H5BrFNO2. The van der Waals surface area contributed by atoms with Crippen molar-refractivity contribution >= 4 is 21.8 Å². The van der Waals surface area contributed by atoms with Crippen molar-refractivity contribution in [2.24, 2.45) is 5.73 Å². The van der Waals surface area contributed by atoms with Crippen molar-refractivity contribution in [2.75, 3.05) is 0 Å². The van der Waals surface area contributed by atoms with Gasteiger partial charge in [-0.2, -0.15) is 0 Å². The Morgan fingerprint density at radius 2 is 2.17 bits per heavy atom. The molecule has 0 aliphatic rings. The Morgan fingerprint density at radius 3 is 2.58 bits per heavy atom. The molecule has 0 saturated carbocycles. The molecule has 0 unspecified atom stereocenters. The zero-order valence-electron chi connectivity index (χ0n) is 5.84. The molecular weight excluding hydrogens is 229 g/mol. The fraction of sp³-hybridized carbons (Fsp3) is 0. The Kier molecular flexibility index (Phi) is 2.32. The van der Waals surface area contributed by atoms with E-state index in [1.54, 1.807) is 0 Å². The third-order valence-corrected chi connectivity index (χ3v) is 1.74. The number of hydrogen-bond donors (Lipinski definition) is 2.